The fourth-order valence-electron chi connectivity index (χ4n) is 2.81. The lowest BCUT2D eigenvalue weighted by Crippen LogP contribution is -2.36. The van der Waals surface area contributed by atoms with E-state index in [4.69, 9.17) is 10.5 Å². The minimum atomic E-state index is 0.799. The highest BCUT2D eigenvalue weighted by molar-refractivity contribution is 5.73. The van der Waals surface area contributed by atoms with E-state index in [-0.39, 0.29) is 0 Å². The van der Waals surface area contributed by atoms with Crippen LogP contribution in [0.1, 0.15) is 12.8 Å². The summed E-state index contributed by atoms with van der Waals surface area (Å²) in [5.74, 6) is 0. The Kier molecular flexibility index (Phi) is 3.28. The molecule has 3 rings (SSSR count). The SMILES string of the molecule is Nc1cc(N2CCCC2)ccc1N1CCOCC1. The molecule has 4 heteroatoms. The summed E-state index contributed by atoms with van der Waals surface area (Å²) in [6.45, 7) is 5.80. The van der Waals surface area contributed by atoms with Crippen molar-refractivity contribution < 1.29 is 4.74 Å². The third kappa shape index (κ3) is 2.25. The zero-order chi connectivity index (χ0) is 12.4. The molecule has 1 aromatic rings. The van der Waals surface area contributed by atoms with E-state index in [0.717, 1.165) is 50.8 Å². The van der Waals surface area contributed by atoms with Crippen molar-refractivity contribution in [1.29, 1.82) is 0 Å². The highest BCUT2D eigenvalue weighted by atomic mass is 16.5. The molecule has 2 aliphatic rings. The lowest BCUT2D eigenvalue weighted by molar-refractivity contribution is 0.123. The summed E-state index contributed by atoms with van der Waals surface area (Å²) in [7, 11) is 0. The maximum absolute atomic E-state index is 6.21. The zero-order valence-corrected chi connectivity index (χ0v) is 10.8. The number of nitrogen functional groups attached to an aromatic ring is 1. The third-order valence-electron chi connectivity index (χ3n) is 3.83. The number of morpholine rings is 1. The molecular formula is C14H21N3O. The fourth-order valence-corrected chi connectivity index (χ4v) is 2.81. The maximum atomic E-state index is 6.21. The van der Waals surface area contributed by atoms with E-state index >= 15 is 0 Å². The Morgan fingerprint density at radius 3 is 2.33 bits per heavy atom. The van der Waals surface area contributed by atoms with Crippen molar-refractivity contribution in [3.63, 3.8) is 0 Å². The van der Waals surface area contributed by atoms with Crippen molar-refractivity contribution >= 4 is 17.1 Å². The molecule has 0 amide bonds. The van der Waals surface area contributed by atoms with Crippen LogP contribution in [0.4, 0.5) is 17.1 Å². The van der Waals surface area contributed by atoms with Crippen LogP contribution in [0.2, 0.25) is 0 Å². The van der Waals surface area contributed by atoms with E-state index < -0.39 is 0 Å². The van der Waals surface area contributed by atoms with Gasteiger partial charge in [0.25, 0.3) is 0 Å². The average molecular weight is 247 g/mol. The summed E-state index contributed by atoms with van der Waals surface area (Å²) in [5.41, 5.74) is 9.52. The quantitative estimate of drug-likeness (QED) is 0.808. The van der Waals surface area contributed by atoms with E-state index in [1.54, 1.807) is 0 Å². The summed E-state index contributed by atoms with van der Waals surface area (Å²) in [6, 6.07) is 6.48. The highest BCUT2D eigenvalue weighted by Crippen LogP contribution is 2.30. The summed E-state index contributed by atoms with van der Waals surface area (Å²) in [6.07, 6.45) is 2.59. The summed E-state index contributed by atoms with van der Waals surface area (Å²) < 4.78 is 5.38. The van der Waals surface area contributed by atoms with Gasteiger partial charge in [-0.1, -0.05) is 0 Å². The second-order valence-electron chi connectivity index (χ2n) is 5.04. The van der Waals surface area contributed by atoms with E-state index in [2.05, 4.69) is 28.0 Å². The molecule has 2 fully saturated rings. The first-order valence-corrected chi connectivity index (χ1v) is 6.82. The molecule has 2 aliphatic heterocycles. The molecule has 0 aromatic heterocycles. The molecule has 2 saturated heterocycles. The number of nitrogens with two attached hydrogens (primary N) is 1. The van der Waals surface area contributed by atoms with Crippen molar-refractivity contribution in [2.75, 3.05) is 54.9 Å². The number of hydrogen-bond donors (Lipinski definition) is 1. The van der Waals surface area contributed by atoms with Crippen molar-refractivity contribution in [3.05, 3.63) is 18.2 Å². The second-order valence-corrected chi connectivity index (χ2v) is 5.04. The van der Waals surface area contributed by atoms with Crippen LogP contribution in [-0.4, -0.2) is 39.4 Å². The standard InChI is InChI=1S/C14H21N3O/c15-13-11-12(16-5-1-2-6-16)3-4-14(13)17-7-9-18-10-8-17/h3-4,11H,1-2,5-10,15H2. The topological polar surface area (TPSA) is 41.7 Å². The molecule has 0 radical (unpaired) electrons. The Labute approximate surface area is 108 Å². The monoisotopic (exact) mass is 247 g/mol. The van der Waals surface area contributed by atoms with Gasteiger partial charge in [0.05, 0.1) is 24.6 Å². The highest BCUT2D eigenvalue weighted by Gasteiger charge is 2.16. The van der Waals surface area contributed by atoms with Crippen LogP contribution in [0.3, 0.4) is 0 Å². The van der Waals surface area contributed by atoms with Gasteiger partial charge < -0.3 is 20.3 Å². The van der Waals surface area contributed by atoms with Gasteiger partial charge in [-0.15, -0.1) is 0 Å². The lowest BCUT2D eigenvalue weighted by Gasteiger charge is -2.30. The predicted octanol–water partition coefficient (Wildman–Crippen LogP) is 1.71. The molecule has 1 aromatic carbocycles. The number of ether oxygens (including phenoxy) is 1. The predicted molar refractivity (Wildman–Crippen MR) is 75.3 cm³/mol. The Morgan fingerprint density at radius 2 is 1.67 bits per heavy atom. The van der Waals surface area contributed by atoms with Crippen LogP contribution in [0.25, 0.3) is 0 Å². The third-order valence-corrected chi connectivity index (χ3v) is 3.83. The Morgan fingerprint density at radius 1 is 0.944 bits per heavy atom. The van der Waals surface area contributed by atoms with Gasteiger partial charge in [-0.25, -0.2) is 0 Å². The summed E-state index contributed by atoms with van der Waals surface area (Å²) in [5, 5.41) is 0. The van der Waals surface area contributed by atoms with Gasteiger partial charge in [-0.3, -0.25) is 0 Å². The normalized spacial score (nSPS) is 20.4. The molecule has 0 bridgehead atoms. The van der Waals surface area contributed by atoms with Crippen LogP contribution in [-0.2, 0) is 4.74 Å². The first kappa shape index (κ1) is 11.7. The van der Waals surface area contributed by atoms with Crippen molar-refractivity contribution in [2.45, 2.75) is 12.8 Å². The van der Waals surface area contributed by atoms with E-state index in [9.17, 15) is 0 Å². The van der Waals surface area contributed by atoms with Gasteiger partial charge >= 0.3 is 0 Å². The van der Waals surface area contributed by atoms with Gasteiger partial charge in [-0.05, 0) is 31.0 Å². The number of benzene rings is 1. The van der Waals surface area contributed by atoms with Gasteiger partial charge in [0.2, 0.25) is 0 Å². The van der Waals surface area contributed by atoms with Crippen LogP contribution >= 0.6 is 0 Å². The number of nitrogens with zero attached hydrogens (tertiary/aromatic N) is 2. The second kappa shape index (κ2) is 5.06. The van der Waals surface area contributed by atoms with Crippen molar-refractivity contribution in [3.8, 4) is 0 Å². The minimum Gasteiger partial charge on any atom is -0.397 e. The minimum absolute atomic E-state index is 0.799. The Bertz CT molecular complexity index is 410. The number of hydrogen-bond acceptors (Lipinski definition) is 4. The molecule has 0 saturated carbocycles. The fraction of sp³-hybridized carbons (Fsp3) is 0.571. The number of anilines is 3. The smallest absolute Gasteiger partial charge is 0.0642 e. The van der Waals surface area contributed by atoms with Crippen LogP contribution < -0.4 is 15.5 Å². The molecule has 2 heterocycles. The first-order chi connectivity index (χ1) is 8.84. The first-order valence-electron chi connectivity index (χ1n) is 6.82. The van der Waals surface area contributed by atoms with Crippen molar-refractivity contribution in [1.82, 2.24) is 0 Å². The molecule has 0 aliphatic carbocycles. The van der Waals surface area contributed by atoms with E-state index in [1.807, 2.05) is 0 Å². The molecule has 2 N–H and O–H groups in total. The van der Waals surface area contributed by atoms with E-state index in [0.29, 0.717) is 0 Å². The van der Waals surface area contributed by atoms with E-state index in [1.165, 1.54) is 18.5 Å². The van der Waals surface area contributed by atoms with Gasteiger partial charge in [0, 0.05) is 31.9 Å². The summed E-state index contributed by atoms with van der Waals surface area (Å²) in [4.78, 5) is 4.73. The summed E-state index contributed by atoms with van der Waals surface area (Å²) >= 11 is 0. The van der Waals surface area contributed by atoms with Gasteiger partial charge in [0.1, 0.15) is 0 Å². The van der Waals surface area contributed by atoms with Crippen LogP contribution in [0.15, 0.2) is 18.2 Å². The van der Waals surface area contributed by atoms with Gasteiger partial charge in [-0.2, -0.15) is 0 Å². The van der Waals surface area contributed by atoms with Crippen LogP contribution in [0, 0.1) is 0 Å². The Hall–Kier alpha value is -1.42. The molecule has 98 valence electrons. The molecule has 0 unspecified atom stereocenters. The van der Waals surface area contributed by atoms with Gasteiger partial charge in [0.15, 0.2) is 0 Å². The zero-order valence-electron chi connectivity index (χ0n) is 10.8. The molecule has 4 nitrogen and oxygen atoms in total. The molecule has 0 spiro atoms. The largest absolute Gasteiger partial charge is 0.397 e. The maximum Gasteiger partial charge on any atom is 0.0642 e. The average Bonchev–Trinajstić information content (AvgIpc) is 2.93. The Balaban J connectivity index is 1.79. The lowest BCUT2D eigenvalue weighted by atomic mass is 10.2. The number of rotatable bonds is 2. The molecule has 18 heavy (non-hydrogen) atoms. The molecular weight excluding hydrogens is 226 g/mol. The molecule has 0 atom stereocenters. The van der Waals surface area contributed by atoms with Crippen LogP contribution in [0.5, 0.6) is 0 Å². The van der Waals surface area contributed by atoms with Crippen molar-refractivity contribution in [2.24, 2.45) is 0 Å².